The summed E-state index contributed by atoms with van der Waals surface area (Å²) in [6.45, 7) is 6.23. The Morgan fingerprint density at radius 2 is 1.88 bits per heavy atom. The maximum Gasteiger partial charge on any atom is 0.150 e. The number of hydrogen-bond donors (Lipinski definition) is 0. The molecule has 0 heterocycles. The smallest absolute Gasteiger partial charge is 0.150 e. The van der Waals surface area contributed by atoms with E-state index in [4.69, 9.17) is 0 Å². The highest BCUT2D eigenvalue weighted by Crippen LogP contribution is 2.18. The van der Waals surface area contributed by atoms with Crippen LogP contribution >= 0.6 is 15.9 Å². The number of aryl methyl sites for hydroxylation is 2. The molecular weight excluding hydrogens is 264 g/mol. The zero-order valence-electron chi connectivity index (χ0n) is 10.2. The average Bonchev–Trinajstić information content (AvgIpc) is 2.23. The van der Waals surface area contributed by atoms with Gasteiger partial charge < -0.3 is 0 Å². The second-order valence-electron chi connectivity index (χ2n) is 4.27. The Kier molecular flexibility index (Phi) is 5.20. The molecule has 0 aliphatic carbocycles. The number of rotatable bonds is 5. The van der Waals surface area contributed by atoms with Gasteiger partial charge in [-0.3, -0.25) is 4.79 Å². The van der Waals surface area contributed by atoms with Gasteiger partial charge in [0.15, 0.2) is 5.78 Å². The summed E-state index contributed by atoms with van der Waals surface area (Å²) in [5.41, 5.74) is 3.61. The van der Waals surface area contributed by atoms with E-state index >= 15 is 0 Å². The van der Waals surface area contributed by atoms with Gasteiger partial charge in [0.25, 0.3) is 0 Å². The zero-order chi connectivity index (χ0) is 12.1. The first-order valence-electron chi connectivity index (χ1n) is 5.78. The van der Waals surface area contributed by atoms with Crippen molar-refractivity contribution in [2.24, 2.45) is 0 Å². The first-order chi connectivity index (χ1) is 7.56. The highest BCUT2D eigenvalue weighted by atomic mass is 79.9. The lowest BCUT2D eigenvalue weighted by Crippen LogP contribution is -2.17. The van der Waals surface area contributed by atoms with Crippen LogP contribution in [0.3, 0.4) is 0 Å². The van der Waals surface area contributed by atoms with E-state index in [1.165, 1.54) is 16.7 Å². The van der Waals surface area contributed by atoms with Gasteiger partial charge in [-0.25, -0.2) is 0 Å². The Hall–Kier alpha value is -0.630. The molecule has 1 atom stereocenters. The molecule has 1 rings (SSSR count). The molecular formula is C14H19BrO. The molecule has 88 valence electrons. The van der Waals surface area contributed by atoms with Gasteiger partial charge in [-0.15, -0.1) is 0 Å². The largest absolute Gasteiger partial charge is 0.298 e. The minimum absolute atomic E-state index is 0.0107. The van der Waals surface area contributed by atoms with Crippen molar-refractivity contribution in [2.75, 3.05) is 0 Å². The third-order valence-corrected chi connectivity index (χ3v) is 3.86. The van der Waals surface area contributed by atoms with E-state index in [-0.39, 0.29) is 4.83 Å². The normalized spacial score (nSPS) is 12.5. The van der Waals surface area contributed by atoms with E-state index in [0.717, 1.165) is 12.8 Å². The topological polar surface area (TPSA) is 17.1 Å². The standard InChI is InChI=1S/C14H19BrO/c1-4-6-13(15)14(16)9-12-10(2)7-5-8-11(12)3/h5,7-8,13H,4,6,9H2,1-3H3. The van der Waals surface area contributed by atoms with Gasteiger partial charge in [0.1, 0.15) is 0 Å². The zero-order valence-corrected chi connectivity index (χ0v) is 11.8. The fourth-order valence-corrected chi connectivity index (χ4v) is 2.45. The molecule has 0 spiro atoms. The molecule has 0 aromatic heterocycles. The number of carbonyl (C=O) groups excluding carboxylic acids is 1. The SMILES string of the molecule is CCCC(Br)C(=O)Cc1c(C)cccc1C. The summed E-state index contributed by atoms with van der Waals surface area (Å²) in [6.07, 6.45) is 2.51. The lowest BCUT2D eigenvalue weighted by atomic mass is 9.96. The molecule has 0 fully saturated rings. The molecule has 0 amide bonds. The second-order valence-corrected chi connectivity index (χ2v) is 5.37. The minimum Gasteiger partial charge on any atom is -0.298 e. The predicted molar refractivity (Wildman–Crippen MR) is 72.3 cm³/mol. The van der Waals surface area contributed by atoms with Crippen molar-refractivity contribution in [3.63, 3.8) is 0 Å². The van der Waals surface area contributed by atoms with Gasteiger partial charge in [0, 0.05) is 6.42 Å². The van der Waals surface area contributed by atoms with Crippen LogP contribution in [-0.4, -0.2) is 10.6 Å². The Morgan fingerprint density at radius 3 is 2.38 bits per heavy atom. The van der Waals surface area contributed by atoms with Crippen molar-refractivity contribution in [2.45, 2.75) is 44.9 Å². The number of hydrogen-bond acceptors (Lipinski definition) is 1. The number of benzene rings is 1. The maximum absolute atomic E-state index is 12.0. The fraction of sp³-hybridized carbons (Fsp3) is 0.500. The summed E-state index contributed by atoms with van der Waals surface area (Å²) in [5.74, 6) is 0.291. The summed E-state index contributed by atoms with van der Waals surface area (Å²) < 4.78 is 0. The summed E-state index contributed by atoms with van der Waals surface area (Å²) in [5, 5.41) is 0. The number of carbonyl (C=O) groups is 1. The first kappa shape index (κ1) is 13.4. The lowest BCUT2D eigenvalue weighted by molar-refractivity contribution is -0.117. The molecule has 0 saturated carbocycles. The molecule has 0 aliphatic rings. The van der Waals surface area contributed by atoms with Crippen LogP contribution in [0, 0.1) is 13.8 Å². The fourth-order valence-electron chi connectivity index (χ4n) is 1.83. The molecule has 0 N–H and O–H groups in total. The third kappa shape index (κ3) is 3.44. The Labute approximate surface area is 106 Å². The van der Waals surface area contributed by atoms with Crippen molar-refractivity contribution in [1.29, 1.82) is 0 Å². The Morgan fingerprint density at radius 1 is 1.31 bits per heavy atom. The molecule has 1 aromatic rings. The van der Waals surface area contributed by atoms with Crippen molar-refractivity contribution in [1.82, 2.24) is 0 Å². The highest BCUT2D eigenvalue weighted by molar-refractivity contribution is 9.10. The average molecular weight is 283 g/mol. The molecule has 0 radical (unpaired) electrons. The van der Waals surface area contributed by atoms with Crippen molar-refractivity contribution >= 4 is 21.7 Å². The Balaban J connectivity index is 2.77. The van der Waals surface area contributed by atoms with E-state index in [9.17, 15) is 4.79 Å². The van der Waals surface area contributed by atoms with Crippen LogP contribution in [0.5, 0.6) is 0 Å². The molecule has 0 aliphatic heterocycles. The van der Waals surface area contributed by atoms with Crippen molar-refractivity contribution < 1.29 is 4.79 Å². The van der Waals surface area contributed by atoms with E-state index < -0.39 is 0 Å². The van der Waals surface area contributed by atoms with Crippen LogP contribution in [0.1, 0.15) is 36.5 Å². The van der Waals surface area contributed by atoms with Gasteiger partial charge in [-0.05, 0) is 37.0 Å². The van der Waals surface area contributed by atoms with Gasteiger partial charge in [-0.1, -0.05) is 47.5 Å². The number of alkyl halides is 1. The van der Waals surface area contributed by atoms with Gasteiger partial charge in [-0.2, -0.15) is 0 Å². The maximum atomic E-state index is 12.0. The summed E-state index contributed by atoms with van der Waals surface area (Å²) in [6, 6.07) is 6.17. The Bertz CT molecular complexity index is 351. The monoisotopic (exact) mass is 282 g/mol. The summed E-state index contributed by atoms with van der Waals surface area (Å²) in [4.78, 5) is 12.0. The molecule has 0 saturated heterocycles. The van der Waals surface area contributed by atoms with Gasteiger partial charge in [0.05, 0.1) is 4.83 Å². The van der Waals surface area contributed by atoms with Crippen molar-refractivity contribution in [3.8, 4) is 0 Å². The van der Waals surface area contributed by atoms with Crippen LogP contribution in [0.2, 0.25) is 0 Å². The quantitative estimate of drug-likeness (QED) is 0.747. The minimum atomic E-state index is 0.0107. The van der Waals surface area contributed by atoms with Crippen LogP contribution < -0.4 is 0 Å². The highest BCUT2D eigenvalue weighted by Gasteiger charge is 2.15. The molecule has 16 heavy (non-hydrogen) atoms. The lowest BCUT2D eigenvalue weighted by Gasteiger charge is -2.11. The first-order valence-corrected chi connectivity index (χ1v) is 6.69. The van der Waals surface area contributed by atoms with E-state index in [1.807, 2.05) is 6.07 Å². The second kappa shape index (κ2) is 6.19. The number of Topliss-reactive ketones (excluding diaryl/α,β-unsaturated/α-hetero) is 1. The summed E-state index contributed by atoms with van der Waals surface area (Å²) >= 11 is 3.46. The van der Waals surface area contributed by atoms with Crippen LogP contribution in [0.4, 0.5) is 0 Å². The van der Waals surface area contributed by atoms with E-state index in [1.54, 1.807) is 0 Å². The molecule has 0 bridgehead atoms. The molecule has 1 nitrogen and oxygen atoms in total. The van der Waals surface area contributed by atoms with Gasteiger partial charge >= 0.3 is 0 Å². The van der Waals surface area contributed by atoms with E-state index in [0.29, 0.717) is 12.2 Å². The van der Waals surface area contributed by atoms with Gasteiger partial charge in [0.2, 0.25) is 0 Å². The number of halogens is 1. The number of ketones is 1. The summed E-state index contributed by atoms with van der Waals surface area (Å²) in [7, 11) is 0. The van der Waals surface area contributed by atoms with Crippen LogP contribution in [0.25, 0.3) is 0 Å². The van der Waals surface area contributed by atoms with Crippen LogP contribution in [-0.2, 0) is 11.2 Å². The van der Waals surface area contributed by atoms with Crippen LogP contribution in [0.15, 0.2) is 18.2 Å². The predicted octanol–water partition coefficient (Wildman–Crippen LogP) is 3.98. The molecule has 1 aromatic carbocycles. The third-order valence-electron chi connectivity index (χ3n) is 2.89. The van der Waals surface area contributed by atoms with E-state index in [2.05, 4.69) is 48.8 Å². The molecule has 1 unspecified atom stereocenters. The molecule has 2 heteroatoms. The van der Waals surface area contributed by atoms with Crippen molar-refractivity contribution in [3.05, 3.63) is 34.9 Å².